The first-order valence-electron chi connectivity index (χ1n) is 5.92. The molecule has 0 bridgehead atoms. The molecule has 0 fully saturated rings. The van der Waals surface area contributed by atoms with Crippen molar-refractivity contribution in [2.75, 3.05) is 17.3 Å². The zero-order valence-electron chi connectivity index (χ0n) is 10.9. The fraction of sp³-hybridized carbons (Fsp3) is 0.133. The monoisotopic (exact) mass is 272 g/mol. The predicted molar refractivity (Wildman–Crippen MR) is 81.8 cm³/mol. The molecule has 19 heavy (non-hydrogen) atoms. The summed E-state index contributed by atoms with van der Waals surface area (Å²) in [6.07, 6.45) is 1.96. The summed E-state index contributed by atoms with van der Waals surface area (Å²) in [5, 5.41) is 2.89. The zero-order chi connectivity index (χ0) is 13.8. The molecule has 3 nitrogen and oxygen atoms in total. The molecular weight excluding hydrogens is 256 g/mol. The minimum absolute atomic E-state index is 0.103. The minimum atomic E-state index is -0.103. The van der Waals surface area contributed by atoms with Crippen molar-refractivity contribution in [1.82, 2.24) is 0 Å². The Balaban J connectivity index is 2.23. The van der Waals surface area contributed by atoms with Gasteiger partial charge < -0.3 is 11.1 Å². The number of carbonyl (C=O) groups excluding carboxylic acids is 1. The second kappa shape index (κ2) is 5.80. The average molecular weight is 272 g/mol. The Morgan fingerprint density at radius 2 is 1.95 bits per heavy atom. The standard InChI is InChI=1S/C15H16N2OS/c1-10-9-11(7-8-13(10)16)17-15(18)12-5-3-4-6-14(12)19-2/h3-9H,16H2,1-2H3,(H,17,18). The number of nitrogen functional groups attached to an aromatic ring is 1. The van der Waals surface area contributed by atoms with Gasteiger partial charge in [-0.2, -0.15) is 0 Å². The molecule has 0 aliphatic carbocycles. The number of nitrogens with two attached hydrogens (primary N) is 1. The summed E-state index contributed by atoms with van der Waals surface area (Å²) in [4.78, 5) is 13.2. The summed E-state index contributed by atoms with van der Waals surface area (Å²) < 4.78 is 0. The van der Waals surface area contributed by atoms with Crippen LogP contribution in [-0.4, -0.2) is 12.2 Å². The molecule has 98 valence electrons. The molecule has 0 saturated heterocycles. The van der Waals surface area contributed by atoms with Gasteiger partial charge in [-0.05, 0) is 49.1 Å². The van der Waals surface area contributed by atoms with Gasteiger partial charge in [0.1, 0.15) is 0 Å². The van der Waals surface area contributed by atoms with Crippen molar-refractivity contribution < 1.29 is 4.79 Å². The molecule has 0 aliphatic heterocycles. The van der Waals surface area contributed by atoms with Crippen molar-refractivity contribution in [2.24, 2.45) is 0 Å². The highest BCUT2D eigenvalue weighted by molar-refractivity contribution is 7.98. The van der Waals surface area contributed by atoms with Gasteiger partial charge >= 0.3 is 0 Å². The van der Waals surface area contributed by atoms with E-state index < -0.39 is 0 Å². The van der Waals surface area contributed by atoms with Crippen LogP contribution in [0.1, 0.15) is 15.9 Å². The Bertz CT molecular complexity index is 611. The van der Waals surface area contributed by atoms with Crippen molar-refractivity contribution in [3.63, 3.8) is 0 Å². The number of amides is 1. The molecule has 2 rings (SSSR count). The summed E-state index contributed by atoms with van der Waals surface area (Å²) in [6, 6.07) is 13.0. The molecule has 2 aromatic rings. The number of nitrogens with one attached hydrogen (secondary N) is 1. The van der Waals surface area contributed by atoms with E-state index in [0.717, 1.165) is 21.8 Å². The van der Waals surface area contributed by atoms with Crippen LogP contribution in [0.4, 0.5) is 11.4 Å². The molecule has 0 spiro atoms. The van der Waals surface area contributed by atoms with Gasteiger partial charge in [-0.3, -0.25) is 4.79 Å². The van der Waals surface area contributed by atoms with Gasteiger partial charge in [-0.25, -0.2) is 0 Å². The van der Waals surface area contributed by atoms with Gasteiger partial charge in [-0.1, -0.05) is 12.1 Å². The number of hydrogen-bond acceptors (Lipinski definition) is 3. The summed E-state index contributed by atoms with van der Waals surface area (Å²) in [6.45, 7) is 1.92. The second-order valence-corrected chi connectivity index (χ2v) is 5.07. The average Bonchev–Trinajstić information content (AvgIpc) is 2.43. The van der Waals surface area contributed by atoms with Crippen LogP contribution in [0, 0.1) is 6.92 Å². The lowest BCUT2D eigenvalue weighted by atomic mass is 10.1. The maximum atomic E-state index is 12.2. The molecule has 3 N–H and O–H groups in total. The predicted octanol–water partition coefficient (Wildman–Crippen LogP) is 3.55. The van der Waals surface area contributed by atoms with Crippen LogP contribution in [0.25, 0.3) is 0 Å². The van der Waals surface area contributed by atoms with Gasteiger partial charge in [0.2, 0.25) is 0 Å². The van der Waals surface area contributed by atoms with E-state index in [1.54, 1.807) is 17.8 Å². The smallest absolute Gasteiger partial charge is 0.256 e. The Morgan fingerprint density at radius 1 is 1.21 bits per heavy atom. The van der Waals surface area contributed by atoms with Crippen LogP contribution in [0.2, 0.25) is 0 Å². The molecule has 0 saturated carbocycles. The molecule has 0 aromatic heterocycles. The first-order valence-corrected chi connectivity index (χ1v) is 7.15. The third-order valence-corrected chi connectivity index (χ3v) is 3.68. The van der Waals surface area contributed by atoms with E-state index >= 15 is 0 Å². The Kier molecular flexibility index (Phi) is 4.12. The van der Waals surface area contributed by atoms with Crippen molar-refractivity contribution in [1.29, 1.82) is 0 Å². The maximum absolute atomic E-state index is 12.2. The van der Waals surface area contributed by atoms with E-state index in [0.29, 0.717) is 5.56 Å². The first-order chi connectivity index (χ1) is 9.11. The second-order valence-electron chi connectivity index (χ2n) is 4.23. The highest BCUT2D eigenvalue weighted by Gasteiger charge is 2.10. The summed E-state index contributed by atoms with van der Waals surface area (Å²) in [5.41, 5.74) is 8.88. The van der Waals surface area contributed by atoms with Gasteiger partial charge in [0.25, 0.3) is 5.91 Å². The molecule has 0 aliphatic rings. The Morgan fingerprint density at radius 3 is 2.63 bits per heavy atom. The molecule has 0 unspecified atom stereocenters. The third-order valence-electron chi connectivity index (χ3n) is 2.88. The van der Waals surface area contributed by atoms with Crippen molar-refractivity contribution in [3.05, 3.63) is 53.6 Å². The molecule has 4 heteroatoms. The lowest BCUT2D eigenvalue weighted by Crippen LogP contribution is -2.13. The lowest BCUT2D eigenvalue weighted by Gasteiger charge is -2.09. The van der Waals surface area contributed by atoms with Crippen molar-refractivity contribution in [2.45, 2.75) is 11.8 Å². The summed E-state index contributed by atoms with van der Waals surface area (Å²) in [7, 11) is 0. The van der Waals surface area contributed by atoms with Gasteiger partial charge in [-0.15, -0.1) is 11.8 Å². The number of thioether (sulfide) groups is 1. The van der Waals surface area contributed by atoms with Crippen LogP contribution in [0.5, 0.6) is 0 Å². The van der Waals surface area contributed by atoms with Crippen molar-refractivity contribution in [3.8, 4) is 0 Å². The fourth-order valence-electron chi connectivity index (χ4n) is 1.78. The molecular formula is C15H16N2OS. The molecule has 0 heterocycles. The van der Waals surface area contributed by atoms with Crippen LogP contribution in [0.3, 0.4) is 0 Å². The van der Waals surface area contributed by atoms with E-state index in [4.69, 9.17) is 5.73 Å². The molecule has 2 aromatic carbocycles. The maximum Gasteiger partial charge on any atom is 0.256 e. The number of aryl methyl sites for hydroxylation is 1. The van der Waals surface area contributed by atoms with Crippen LogP contribution >= 0.6 is 11.8 Å². The molecule has 1 amide bonds. The molecule has 0 radical (unpaired) electrons. The molecule has 0 atom stereocenters. The topological polar surface area (TPSA) is 55.1 Å². The van der Waals surface area contributed by atoms with Crippen LogP contribution in [-0.2, 0) is 0 Å². The third kappa shape index (κ3) is 3.09. The van der Waals surface area contributed by atoms with Gasteiger partial charge in [0.15, 0.2) is 0 Å². The van der Waals surface area contributed by atoms with E-state index in [9.17, 15) is 4.79 Å². The zero-order valence-corrected chi connectivity index (χ0v) is 11.8. The number of rotatable bonds is 3. The SMILES string of the molecule is CSc1ccccc1C(=O)Nc1ccc(N)c(C)c1. The van der Waals surface area contributed by atoms with Crippen molar-refractivity contribution >= 4 is 29.0 Å². The first kappa shape index (κ1) is 13.5. The number of anilines is 2. The largest absolute Gasteiger partial charge is 0.399 e. The van der Waals surface area contributed by atoms with E-state index in [2.05, 4.69) is 5.32 Å². The van der Waals surface area contributed by atoms with Gasteiger partial charge in [0.05, 0.1) is 5.56 Å². The Hall–Kier alpha value is -1.94. The fourth-order valence-corrected chi connectivity index (χ4v) is 2.38. The van der Waals surface area contributed by atoms with Crippen LogP contribution < -0.4 is 11.1 Å². The van der Waals surface area contributed by atoms with E-state index in [1.807, 2.05) is 49.6 Å². The number of hydrogen-bond donors (Lipinski definition) is 2. The van der Waals surface area contributed by atoms with Gasteiger partial charge in [0, 0.05) is 16.3 Å². The van der Waals surface area contributed by atoms with Crippen LogP contribution in [0.15, 0.2) is 47.4 Å². The lowest BCUT2D eigenvalue weighted by molar-refractivity contribution is 0.102. The number of carbonyl (C=O) groups is 1. The summed E-state index contributed by atoms with van der Waals surface area (Å²) in [5.74, 6) is -0.103. The number of benzene rings is 2. The van der Waals surface area contributed by atoms with E-state index in [-0.39, 0.29) is 5.91 Å². The van der Waals surface area contributed by atoms with E-state index in [1.165, 1.54) is 0 Å². The Labute approximate surface area is 117 Å². The quantitative estimate of drug-likeness (QED) is 0.663. The minimum Gasteiger partial charge on any atom is -0.399 e. The highest BCUT2D eigenvalue weighted by atomic mass is 32.2. The normalized spacial score (nSPS) is 10.2. The summed E-state index contributed by atoms with van der Waals surface area (Å²) >= 11 is 1.56. The highest BCUT2D eigenvalue weighted by Crippen LogP contribution is 2.22.